The molecule has 1 aliphatic heterocycles. The molecule has 0 fully saturated rings. The molecule has 0 saturated carbocycles. The number of hydrazone groups is 1. The summed E-state index contributed by atoms with van der Waals surface area (Å²) >= 11 is 5.70. The molecule has 0 N–H and O–H groups in total. The SMILES string of the molecule is O=C(CCl)N1N=C(c2ccccc2)OC1c1coc2ccccc2c1=O. The minimum Gasteiger partial charge on any atom is -0.464 e. The maximum Gasteiger partial charge on any atom is 0.261 e. The number of alkyl halides is 1. The number of rotatable bonds is 3. The van der Waals surface area contributed by atoms with Gasteiger partial charge in [-0.1, -0.05) is 30.3 Å². The number of hydrogen-bond donors (Lipinski definition) is 0. The molecule has 1 amide bonds. The van der Waals surface area contributed by atoms with Crippen LogP contribution in [0.2, 0.25) is 0 Å². The van der Waals surface area contributed by atoms with Crippen LogP contribution in [0.5, 0.6) is 0 Å². The summed E-state index contributed by atoms with van der Waals surface area (Å²) in [6.07, 6.45) is 0.269. The average molecular weight is 369 g/mol. The van der Waals surface area contributed by atoms with Crippen molar-refractivity contribution in [3.8, 4) is 0 Å². The molecule has 4 rings (SSSR count). The van der Waals surface area contributed by atoms with Crippen molar-refractivity contribution < 1.29 is 13.9 Å². The van der Waals surface area contributed by atoms with Crippen molar-refractivity contribution in [1.29, 1.82) is 0 Å². The molecule has 1 atom stereocenters. The van der Waals surface area contributed by atoms with Crippen LogP contribution in [0.3, 0.4) is 0 Å². The van der Waals surface area contributed by atoms with Gasteiger partial charge in [-0.25, -0.2) is 0 Å². The summed E-state index contributed by atoms with van der Waals surface area (Å²) < 4.78 is 11.4. The number of para-hydroxylation sites is 1. The van der Waals surface area contributed by atoms with Gasteiger partial charge in [-0.15, -0.1) is 16.7 Å². The Kier molecular flexibility index (Phi) is 4.18. The van der Waals surface area contributed by atoms with Crippen LogP contribution >= 0.6 is 11.6 Å². The van der Waals surface area contributed by atoms with Crippen LogP contribution in [-0.4, -0.2) is 22.7 Å². The zero-order valence-electron chi connectivity index (χ0n) is 13.5. The summed E-state index contributed by atoms with van der Waals surface area (Å²) in [5.74, 6) is -0.526. The number of carbonyl (C=O) groups excluding carboxylic acids is 1. The second-order valence-corrected chi connectivity index (χ2v) is 5.90. The number of carbonyl (C=O) groups is 1. The topological polar surface area (TPSA) is 72.1 Å². The van der Waals surface area contributed by atoms with Gasteiger partial charge in [-0.05, 0) is 24.3 Å². The first-order valence-electron chi connectivity index (χ1n) is 7.88. The third kappa shape index (κ3) is 2.74. The van der Waals surface area contributed by atoms with E-state index >= 15 is 0 Å². The van der Waals surface area contributed by atoms with Crippen LogP contribution in [0.25, 0.3) is 11.0 Å². The lowest BCUT2D eigenvalue weighted by molar-refractivity contribution is -0.135. The van der Waals surface area contributed by atoms with Crippen molar-refractivity contribution in [3.05, 3.63) is 82.2 Å². The maximum atomic E-state index is 12.9. The average Bonchev–Trinajstić information content (AvgIpc) is 3.14. The van der Waals surface area contributed by atoms with E-state index in [2.05, 4.69) is 5.10 Å². The number of halogens is 1. The van der Waals surface area contributed by atoms with Crippen molar-refractivity contribution in [2.75, 3.05) is 5.88 Å². The Balaban J connectivity index is 1.80. The lowest BCUT2D eigenvalue weighted by Crippen LogP contribution is -2.31. The smallest absolute Gasteiger partial charge is 0.261 e. The molecule has 0 bridgehead atoms. The van der Waals surface area contributed by atoms with E-state index in [0.29, 0.717) is 16.5 Å². The number of benzene rings is 2. The Hall–Kier alpha value is -3.12. The van der Waals surface area contributed by atoms with Crippen LogP contribution in [0.4, 0.5) is 0 Å². The Labute approximate surface area is 153 Å². The fraction of sp³-hybridized carbons (Fsp3) is 0.105. The van der Waals surface area contributed by atoms with Crippen LogP contribution in [0, 0.1) is 0 Å². The minimum atomic E-state index is -1.03. The molecule has 130 valence electrons. The molecule has 7 heteroatoms. The molecular formula is C19H13ClN2O4. The highest BCUT2D eigenvalue weighted by Gasteiger charge is 2.36. The summed E-state index contributed by atoms with van der Waals surface area (Å²) in [5, 5.41) is 5.70. The van der Waals surface area contributed by atoms with Crippen LogP contribution < -0.4 is 5.43 Å². The van der Waals surface area contributed by atoms with E-state index in [1.807, 2.05) is 18.2 Å². The number of hydrogen-bond acceptors (Lipinski definition) is 5. The summed E-state index contributed by atoms with van der Waals surface area (Å²) in [6, 6.07) is 16.0. The number of fused-ring (bicyclic) bond motifs is 1. The van der Waals surface area contributed by atoms with E-state index < -0.39 is 12.1 Å². The normalized spacial score (nSPS) is 16.4. The van der Waals surface area contributed by atoms with Crippen molar-refractivity contribution in [2.24, 2.45) is 5.10 Å². The lowest BCUT2D eigenvalue weighted by Gasteiger charge is -2.19. The highest BCUT2D eigenvalue weighted by molar-refractivity contribution is 6.27. The largest absolute Gasteiger partial charge is 0.464 e. The van der Waals surface area contributed by atoms with Crippen LogP contribution in [0.15, 0.2) is 75.2 Å². The summed E-state index contributed by atoms with van der Waals surface area (Å²) in [6.45, 7) is 0. The molecule has 2 aromatic carbocycles. The summed E-state index contributed by atoms with van der Waals surface area (Å²) in [7, 11) is 0. The van der Waals surface area contributed by atoms with Gasteiger partial charge in [0.05, 0.1) is 10.9 Å². The number of nitrogens with zero attached hydrogens (tertiary/aromatic N) is 2. The first-order valence-corrected chi connectivity index (χ1v) is 8.41. The minimum absolute atomic E-state index is 0.178. The van der Waals surface area contributed by atoms with Gasteiger partial charge in [0.25, 0.3) is 5.91 Å². The molecule has 1 unspecified atom stereocenters. The zero-order chi connectivity index (χ0) is 18.1. The highest BCUT2D eigenvalue weighted by atomic mass is 35.5. The molecule has 0 aliphatic carbocycles. The van der Waals surface area contributed by atoms with Gasteiger partial charge in [0.15, 0.2) is 0 Å². The van der Waals surface area contributed by atoms with Crippen molar-refractivity contribution in [3.63, 3.8) is 0 Å². The molecule has 0 spiro atoms. The van der Waals surface area contributed by atoms with Crippen molar-refractivity contribution >= 4 is 34.4 Å². The van der Waals surface area contributed by atoms with E-state index in [0.717, 1.165) is 5.01 Å². The molecule has 0 radical (unpaired) electrons. The molecule has 0 saturated heterocycles. The first kappa shape index (κ1) is 16.4. The first-order chi connectivity index (χ1) is 12.7. The number of ether oxygens (including phenoxy) is 1. The van der Waals surface area contributed by atoms with E-state index in [9.17, 15) is 9.59 Å². The predicted molar refractivity (Wildman–Crippen MR) is 96.9 cm³/mol. The number of amides is 1. The van der Waals surface area contributed by atoms with Gasteiger partial charge in [0.1, 0.15) is 17.7 Å². The van der Waals surface area contributed by atoms with Gasteiger partial charge < -0.3 is 9.15 Å². The Morgan fingerprint density at radius 2 is 1.85 bits per heavy atom. The van der Waals surface area contributed by atoms with E-state index in [4.69, 9.17) is 20.8 Å². The second kappa shape index (κ2) is 6.65. The molecule has 1 aliphatic rings. The Morgan fingerprint density at radius 1 is 1.12 bits per heavy atom. The van der Waals surface area contributed by atoms with Gasteiger partial charge in [-0.3, -0.25) is 9.59 Å². The summed E-state index contributed by atoms with van der Waals surface area (Å²) in [4.78, 5) is 25.1. The van der Waals surface area contributed by atoms with Gasteiger partial charge in [-0.2, -0.15) is 5.01 Å². The Bertz CT molecular complexity index is 1060. The summed E-state index contributed by atoms with van der Waals surface area (Å²) in [5.41, 5.74) is 1.04. The van der Waals surface area contributed by atoms with E-state index in [-0.39, 0.29) is 22.8 Å². The highest BCUT2D eigenvalue weighted by Crippen LogP contribution is 2.29. The molecular weight excluding hydrogens is 356 g/mol. The van der Waals surface area contributed by atoms with E-state index in [1.165, 1.54) is 6.26 Å². The predicted octanol–water partition coefficient (Wildman–Crippen LogP) is 3.25. The fourth-order valence-electron chi connectivity index (χ4n) is 2.74. The maximum absolute atomic E-state index is 12.9. The Morgan fingerprint density at radius 3 is 2.62 bits per heavy atom. The third-order valence-corrected chi connectivity index (χ3v) is 4.24. The molecule has 6 nitrogen and oxygen atoms in total. The zero-order valence-corrected chi connectivity index (χ0v) is 14.2. The lowest BCUT2D eigenvalue weighted by atomic mass is 10.1. The van der Waals surface area contributed by atoms with Crippen LogP contribution in [-0.2, 0) is 9.53 Å². The molecule has 2 heterocycles. The van der Waals surface area contributed by atoms with E-state index in [1.54, 1.807) is 36.4 Å². The van der Waals surface area contributed by atoms with Gasteiger partial charge in [0.2, 0.25) is 17.6 Å². The van der Waals surface area contributed by atoms with Gasteiger partial charge in [0, 0.05) is 5.56 Å². The van der Waals surface area contributed by atoms with Crippen molar-refractivity contribution in [2.45, 2.75) is 6.23 Å². The molecule has 1 aromatic heterocycles. The van der Waals surface area contributed by atoms with Crippen molar-refractivity contribution in [1.82, 2.24) is 5.01 Å². The molecule has 3 aromatic rings. The quantitative estimate of drug-likeness (QED) is 0.665. The molecule has 26 heavy (non-hydrogen) atoms. The third-order valence-electron chi connectivity index (χ3n) is 4.01. The van der Waals surface area contributed by atoms with Gasteiger partial charge >= 0.3 is 0 Å². The standard InChI is InChI=1S/C19H13ClN2O4/c20-10-16(23)22-19(26-18(21-22)12-6-2-1-3-7-12)14-11-25-15-9-5-4-8-13(15)17(14)24/h1-9,11,19H,10H2. The second-order valence-electron chi connectivity index (χ2n) is 5.63. The monoisotopic (exact) mass is 368 g/mol. The van der Waals surface area contributed by atoms with Crippen LogP contribution in [0.1, 0.15) is 17.4 Å². The fourth-order valence-corrected chi connectivity index (χ4v) is 2.86.